The molecule has 0 unspecified atom stereocenters. The first-order valence-electron chi connectivity index (χ1n) is 6.64. The molecule has 5 N–H and O–H groups in total. The van der Waals surface area contributed by atoms with Crippen LogP contribution in [0.1, 0.15) is 15.9 Å². The highest BCUT2D eigenvalue weighted by Gasteiger charge is 2.10. The van der Waals surface area contributed by atoms with Gasteiger partial charge < -0.3 is 21.5 Å². The molecule has 0 heterocycles. The number of benzene rings is 2. The molecule has 5 heteroatoms. The summed E-state index contributed by atoms with van der Waals surface area (Å²) in [6.45, 7) is 0.595. The van der Waals surface area contributed by atoms with Gasteiger partial charge in [0.25, 0.3) is 5.91 Å². The van der Waals surface area contributed by atoms with Gasteiger partial charge in [-0.1, -0.05) is 18.2 Å². The van der Waals surface area contributed by atoms with E-state index in [1.807, 2.05) is 24.3 Å². The second kappa shape index (κ2) is 6.76. The van der Waals surface area contributed by atoms with E-state index in [2.05, 4.69) is 5.32 Å². The van der Waals surface area contributed by atoms with E-state index in [9.17, 15) is 4.79 Å². The third-order valence-corrected chi connectivity index (χ3v) is 3.08. The normalized spacial score (nSPS) is 10.3. The summed E-state index contributed by atoms with van der Waals surface area (Å²) in [6.07, 6.45) is 0.728. The Balaban J connectivity index is 2.19. The molecule has 0 atom stereocenters. The van der Waals surface area contributed by atoms with E-state index in [1.165, 1.54) is 0 Å². The van der Waals surface area contributed by atoms with Crippen molar-refractivity contribution >= 4 is 23.0 Å². The zero-order valence-electron chi connectivity index (χ0n) is 11.9. The highest BCUT2D eigenvalue weighted by Crippen LogP contribution is 2.19. The Morgan fingerprint density at radius 2 is 1.81 bits per heavy atom. The Kier molecular flexibility index (Phi) is 4.79. The number of para-hydroxylation sites is 1. The van der Waals surface area contributed by atoms with Crippen molar-refractivity contribution in [3.8, 4) is 0 Å². The van der Waals surface area contributed by atoms with E-state index < -0.39 is 0 Å². The predicted octanol–water partition coefficient (Wildman–Crippen LogP) is 2.29. The molecule has 0 aliphatic carbocycles. The Morgan fingerprint density at radius 1 is 1.14 bits per heavy atom. The number of nitrogens with two attached hydrogens (primary N) is 2. The van der Waals surface area contributed by atoms with Crippen LogP contribution in [0, 0.1) is 0 Å². The summed E-state index contributed by atoms with van der Waals surface area (Å²) in [7, 11) is 1.65. The van der Waals surface area contributed by atoms with Crippen LogP contribution in [0.25, 0.3) is 0 Å². The van der Waals surface area contributed by atoms with Crippen LogP contribution in [0.2, 0.25) is 0 Å². The lowest BCUT2D eigenvalue weighted by molar-refractivity contribution is 0.102. The zero-order chi connectivity index (χ0) is 15.2. The summed E-state index contributed by atoms with van der Waals surface area (Å²) in [5.41, 5.74) is 14.6. The fourth-order valence-electron chi connectivity index (χ4n) is 2.07. The molecule has 2 aromatic carbocycles. The maximum atomic E-state index is 12.3. The Labute approximate surface area is 123 Å². The van der Waals surface area contributed by atoms with E-state index in [-0.39, 0.29) is 5.91 Å². The van der Waals surface area contributed by atoms with Crippen LogP contribution in [0.15, 0.2) is 42.5 Å². The number of carbonyl (C=O) groups excluding carboxylic acids is 1. The molecule has 0 aromatic heterocycles. The maximum absolute atomic E-state index is 12.3. The number of hydrogen-bond acceptors (Lipinski definition) is 4. The lowest BCUT2D eigenvalue weighted by atomic mass is 10.1. The molecule has 0 bridgehead atoms. The van der Waals surface area contributed by atoms with Crippen LogP contribution in [-0.2, 0) is 11.2 Å². The molecular formula is C16H19N3O2. The summed E-state index contributed by atoms with van der Waals surface area (Å²) in [4.78, 5) is 12.3. The molecule has 0 saturated heterocycles. The minimum absolute atomic E-state index is 0.237. The van der Waals surface area contributed by atoms with Crippen LogP contribution in [-0.4, -0.2) is 19.6 Å². The van der Waals surface area contributed by atoms with Gasteiger partial charge in [-0.3, -0.25) is 4.79 Å². The van der Waals surface area contributed by atoms with Gasteiger partial charge in [-0.05, 0) is 36.2 Å². The Bertz CT molecular complexity index is 621. The highest BCUT2D eigenvalue weighted by atomic mass is 16.5. The topological polar surface area (TPSA) is 90.4 Å². The van der Waals surface area contributed by atoms with Crippen molar-refractivity contribution in [1.82, 2.24) is 0 Å². The first-order chi connectivity index (χ1) is 10.1. The molecule has 110 valence electrons. The second-order valence-corrected chi connectivity index (χ2v) is 4.74. The lowest BCUT2D eigenvalue weighted by Gasteiger charge is -2.11. The van der Waals surface area contributed by atoms with E-state index in [0.717, 1.165) is 17.7 Å². The number of rotatable bonds is 5. The van der Waals surface area contributed by atoms with Gasteiger partial charge in [0.15, 0.2) is 0 Å². The predicted molar refractivity (Wildman–Crippen MR) is 85.2 cm³/mol. The third kappa shape index (κ3) is 3.97. The van der Waals surface area contributed by atoms with Gasteiger partial charge in [0.2, 0.25) is 0 Å². The number of methoxy groups -OCH3 is 1. The van der Waals surface area contributed by atoms with Gasteiger partial charge in [-0.15, -0.1) is 0 Å². The standard InChI is InChI=1S/C16H19N3O2/c1-21-7-6-11-4-2-3-5-15(11)19-16(20)12-8-13(17)10-14(18)9-12/h2-5,8-10H,6-7,17-18H2,1H3,(H,19,20). The van der Waals surface area contributed by atoms with Gasteiger partial charge in [0.1, 0.15) is 0 Å². The number of hydrogen-bond donors (Lipinski definition) is 3. The van der Waals surface area contributed by atoms with E-state index >= 15 is 0 Å². The minimum Gasteiger partial charge on any atom is -0.399 e. The minimum atomic E-state index is -0.237. The molecule has 0 aliphatic rings. The molecule has 0 radical (unpaired) electrons. The molecule has 0 aliphatic heterocycles. The van der Waals surface area contributed by atoms with Crippen molar-refractivity contribution < 1.29 is 9.53 Å². The van der Waals surface area contributed by atoms with Gasteiger partial charge in [-0.2, -0.15) is 0 Å². The fourth-order valence-corrected chi connectivity index (χ4v) is 2.07. The van der Waals surface area contributed by atoms with Crippen molar-refractivity contribution in [3.63, 3.8) is 0 Å². The number of nitrogens with one attached hydrogen (secondary N) is 1. The van der Waals surface area contributed by atoms with Crippen molar-refractivity contribution in [3.05, 3.63) is 53.6 Å². The summed E-state index contributed by atoms with van der Waals surface area (Å²) < 4.78 is 5.08. The molecular weight excluding hydrogens is 266 g/mol. The molecule has 21 heavy (non-hydrogen) atoms. The average molecular weight is 285 g/mol. The highest BCUT2D eigenvalue weighted by molar-refractivity contribution is 6.05. The van der Waals surface area contributed by atoms with Crippen LogP contribution >= 0.6 is 0 Å². The van der Waals surface area contributed by atoms with Gasteiger partial charge in [0.05, 0.1) is 6.61 Å². The first-order valence-corrected chi connectivity index (χ1v) is 6.64. The smallest absolute Gasteiger partial charge is 0.255 e. The molecule has 5 nitrogen and oxygen atoms in total. The van der Waals surface area contributed by atoms with Crippen molar-refractivity contribution in [2.45, 2.75) is 6.42 Å². The second-order valence-electron chi connectivity index (χ2n) is 4.74. The number of ether oxygens (including phenoxy) is 1. The zero-order valence-corrected chi connectivity index (χ0v) is 11.9. The molecule has 1 amide bonds. The number of carbonyl (C=O) groups is 1. The lowest BCUT2D eigenvalue weighted by Crippen LogP contribution is -2.14. The monoisotopic (exact) mass is 285 g/mol. The largest absolute Gasteiger partial charge is 0.399 e. The van der Waals surface area contributed by atoms with Gasteiger partial charge in [-0.25, -0.2) is 0 Å². The molecule has 0 spiro atoms. The molecule has 0 fully saturated rings. The third-order valence-electron chi connectivity index (χ3n) is 3.08. The summed E-state index contributed by atoms with van der Waals surface area (Å²) in [5, 5.41) is 2.88. The van der Waals surface area contributed by atoms with E-state index in [1.54, 1.807) is 25.3 Å². The molecule has 2 rings (SSSR count). The van der Waals surface area contributed by atoms with Crippen LogP contribution in [0.4, 0.5) is 17.1 Å². The Hall–Kier alpha value is -2.53. The van der Waals surface area contributed by atoms with Crippen molar-refractivity contribution in [1.29, 1.82) is 0 Å². The summed E-state index contributed by atoms with van der Waals surface area (Å²) in [6, 6.07) is 12.4. The first kappa shape index (κ1) is 14.9. The van der Waals surface area contributed by atoms with Crippen LogP contribution in [0.3, 0.4) is 0 Å². The van der Waals surface area contributed by atoms with Crippen molar-refractivity contribution in [2.75, 3.05) is 30.5 Å². The maximum Gasteiger partial charge on any atom is 0.255 e. The average Bonchev–Trinajstić information content (AvgIpc) is 2.45. The number of nitrogen functional groups attached to an aromatic ring is 2. The van der Waals surface area contributed by atoms with Gasteiger partial charge in [0, 0.05) is 29.7 Å². The fraction of sp³-hybridized carbons (Fsp3) is 0.188. The van der Waals surface area contributed by atoms with Gasteiger partial charge >= 0.3 is 0 Å². The van der Waals surface area contributed by atoms with E-state index in [4.69, 9.17) is 16.2 Å². The van der Waals surface area contributed by atoms with Crippen LogP contribution < -0.4 is 16.8 Å². The summed E-state index contributed by atoms with van der Waals surface area (Å²) >= 11 is 0. The number of anilines is 3. The quantitative estimate of drug-likeness (QED) is 0.735. The molecule has 2 aromatic rings. The summed E-state index contributed by atoms with van der Waals surface area (Å²) in [5.74, 6) is -0.237. The SMILES string of the molecule is COCCc1ccccc1NC(=O)c1cc(N)cc(N)c1. The van der Waals surface area contributed by atoms with E-state index in [0.29, 0.717) is 23.5 Å². The van der Waals surface area contributed by atoms with Crippen molar-refractivity contribution in [2.24, 2.45) is 0 Å². The Morgan fingerprint density at radius 3 is 2.48 bits per heavy atom. The molecule has 0 saturated carbocycles. The van der Waals surface area contributed by atoms with Crippen LogP contribution in [0.5, 0.6) is 0 Å². The number of amides is 1.